The first-order chi connectivity index (χ1) is 10.5. The number of hydrogen-bond donors (Lipinski definition) is 0. The Kier molecular flexibility index (Phi) is 4.64. The van der Waals surface area contributed by atoms with Gasteiger partial charge in [0.05, 0.1) is 10.5 Å². The average molecular weight is 367 g/mol. The third kappa shape index (κ3) is 3.25. The molecule has 3 rings (SSSR count). The van der Waals surface area contributed by atoms with Gasteiger partial charge in [-0.15, -0.1) is 0 Å². The van der Waals surface area contributed by atoms with Crippen LogP contribution in [0.3, 0.4) is 0 Å². The van der Waals surface area contributed by atoms with Gasteiger partial charge in [-0.1, -0.05) is 25.1 Å². The molecule has 0 aliphatic carbocycles. The molecular formula is C17H20BrFN2O. The van der Waals surface area contributed by atoms with E-state index >= 15 is 0 Å². The molecule has 0 spiro atoms. The van der Waals surface area contributed by atoms with E-state index in [1.165, 1.54) is 6.07 Å². The van der Waals surface area contributed by atoms with E-state index in [4.69, 9.17) is 4.52 Å². The number of aromatic nitrogens is 1. The minimum absolute atomic E-state index is 0.222. The van der Waals surface area contributed by atoms with Crippen molar-refractivity contribution in [3.05, 3.63) is 51.6 Å². The highest BCUT2D eigenvalue weighted by Crippen LogP contribution is 2.34. The fourth-order valence-electron chi connectivity index (χ4n) is 2.96. The van der Waals surface area contributed by atoms with E-state index in [2.05, 4.69) is 45.9 Å². The molecule has 0 bridgehead atoms. The quantitative estimate of drug-likeness (QED) is 0.759. The Labute approximate surface area is 138 Å². The molecule has 1 aliphatic rings. The predicted molar refractivity (Wildman–Crippen MR) is 87.1 cm³/mol. The van der Waals surface area contributed by atoms with Crippen LogP contribution in [0.4, 0.5) is 4.39 Å². The van der Waals surface area contributed by atoms with Crippen molar-refractivity contribution >= 4 is 15.9 Å². The molecule has 3 nitrogen and oxygen atoms in total. The van der Waals surface area contributed by atoms with Gasteiger partial charge in [-0.2, -0.15) is 0 Å². The Morgan fingerprint density at radius 3 is 2.91 bits per heavy atom. The molecule has 1 aromatic carbocycles. The second kappa shape index (κ2) is 6.50. The van der Waals surface area contributed by atoms with Crippen LogP contribution in [0.1, 0.15) is 55.7 Å². The predicted octanol–water partition coefficient (Wildman–Crippen LogP) is 5.04. The van der Waals surface area contributed by atoms with Gasteiger partial charge in [0.1, 0.15) is 17.3 Å². The van der Waals surface area contributed by atoms with E-state index in [1.807, 2.05) is 12.1 Å². The van der Waals surface area contributed by atoms with E-state index < -0.39 is 0 Å². The van der Waals surface area contributed by atoms with Crippen molar-refractivity contribution in [1.82, 2.24) is 10.1 Å². The number of likely N-dealkylation sites (tertiary alicyclic amines) is 1. The molecular weight excluding hydrogens is 347 g/mol. The van der Waals surface area contributed by atoms with Crippen LogP contribution < -0.4 is 0 Å². The lowest BCUT2D eigenvalue weighted by atomic mass is 10.1. The minimum atomic E-state index is -0.222. The van der Waals surface area contributed by atoms with Gasteiger partial charge in [0, 0.05) is 18.5 Å². The van der Waals surface area contributed by atoms with Crippen molar-refractivity contribution in [2.75, 3.05) is 6.54 Å². The highest BCUT2D eigenvalue weighted by Gasteiger charge is 2.29. The van der Waals surface area contributed by atoms with Gasteiger partial charge in [0.25, 0.3) is 0 Å². The lowest BCUT2D eigenvalue weighted by molar-refractivity contribution is 0.236. The number of benzene rings is 1. The second-order valence-corrected chi connectivity index (χ2v) is 7.04. The van der Waals surface area contributed by atoms with Crippen LogP contribution >= 0.6 is 15.9 Å². The van der Waals surface area contributed by atoms with E-state index in [0.29, 0.717) is 16.4 Å². The summed E-state index contributed by atoms with van der Waals surface area (Å²) < 4.78 is 19.3. The average Bonchev–Trinajstić information content (AvgIpc) is 3.11. The standard InChI is InChI=1S/C17H20BrFN2O/c1-11(2)17-9-15(20-22-17)16-4-3-7-21(16)10-12-5-6-14(19)13(18)8-12/h5-6,8-9,11,16H,3-4,7,10H2,1-2H3/t16-/m0/s1. The third-order valence-corrected chi connectivity index (χ3v) is 4.80. The molecule has 1 aromatic heterocycles. The van der Waals surface area contributed by atoms with Gasteiger partial charge >= 0.3 is 0 Å². The van der Waals surface area contributed by atoms with Gasteiger partial charge in [-0.3, -0.25) is 4.90 Å². The number of halogens is 2. The summed E-state index contributed by atoms with van der Waals surface area (Å²) in [5, 5.41) is 4.26. The molecule has 118 valence electrons. The molecule has 1 saturated heterocycles. The summed E-state index contributed by atoms with van der Waals surface area (Å²) >= 11 is 3.25. The lowest BCUT2D eigenvalue weighted by Gasteiger charge is -2.22. The van der Waals surface area contributed by atoms with Gasteiger partial charge in [0.2, 0.25) is 0 Å². The Hall–Kier alpha value is -1.20. The Morgan fingerprint density at radius 1 is 1.41 bits per heavy atom. The van der Waals surface area contributed by atoms with Crippen molar-refractivity contribution < 1.29 is 8.91 Å². The molecule has 1 aliphatic heterocycles. The van der Waals surface area contributed by atoms with E-state index in [0.717, 1.165) is 42.9 Å². The summed E-state index contributed by atoms with van der Waals surface area (Å²) in [6.07, 6.45) is 2.24. The number of hydrogen-bond acceptors (Lipinski definition) is 3. The SMILES string of the molecule is CC(C)c1cc([C@@H]2CCCN2Cc2ccc(F)c(Br)c2)no1. The van der Waals surface area contributed by atoms with Crippen molar-refractivity contribution in [2.24, 2.45) is 0 Å². The van der Waals surface area contributed by atoms with Crippen LogP contribution in [-0.2, 0) is 6.54 Å². The smallest absolute Gasteiger partial charge is 0.139 e. The number of rotatable bonds is 4. The minimum Gasteiger partial charge on any atom is -0.361 e. The second-order valence-electron chi connectivity index (χ2n) is 6.19. The molecule has 0 N–H and O–H groups in total. The maximum atomic E-state index is 13.3. The van der Waals surface area contributed by atoms with Crippen LogP contribution in [0.5, 0.6) is 0 Å². The largest absolute Gasteiger partial charge is 0.361 e. The highest BCUT2D eigenvalue weighted by molar-refractivity contribution is 9.10. The molecule has 0 saturated carbocycles. The topological polar surface area (TPSA) is 29.3 Å². The Bertz CT molecular complexity index is 656. The van der Waals surface area contributed by atoms with Crippen LogP contribution in [0.25, 0.3) is 0 Å². The van der Waals surface area contributed by atoms with Crippen LogP contribution in [0.15, 0.2) is 33.3 Å². The molecule has 0 amide bonds. The molecule has 2 aromatic rings. The zero-order valence-corrected chi connectivity index (χ0v) is 14.4. The van der Waals surface area contributed by atoms with Crippen LogP contribution in [-0.4, -0.2) is 16.6 Å². The summed E-state index contributed by atoms with van der Waals surface area (Å²) in [6.45, 7) is 6.04. The van der Waals surface area contributed by atoms with E-state index in [1.54, 1.807) is 0 Å². The fraction of sp³-hybridized carbons (Fsp3) is 0.471. The lowest BCUT2D eigenvalue weighted by Crippen LogP contribution is -2.23. The van der Waals surface area contributed by atoms with Gasteiger partial charge < -0.3 is 4.52 Å². The van der Waals surface area contributed by atoms with Crippen LogP contribution in [0.2, 0.25) is 0 Å². The highest BCUT2D eigenvalue weighted by atomic mass is 79.9. The maximum Gasteiger partial charge on any atom is 0.139 e. The fourth-order valence-corrected chi connectivity index (χ4v) is 3.38. The zero-order valence-electron chi connectivity index (χ0n) is 12.9. The van der Waals surface area contributed by atoms with Gasteiger partial charge in [-0.25, -0.2) is 4.39 Å². The van der Waals surface area contributed by atoms with Crippen LogP contribution in [0, 0.1) is 5.82 Å². The van der Waals surface area contributed by atoms with Crippen molar-refractivity contribution in [2.45, 2.75) is 45.2 Å². The maximum absolute atomic E-state index is 13.3. The summed E-state index contributed by atoms with van der Waals surface area (Å²) in [4.78, 5) is 2.39. The van der Waals surface area contributed by atoms with Crippen molar-refractivity contribution in [3.8, 4) is 0 Å². The number of nitrogens with zero attached hydrogens (tertiary/aromatic N) is 2. The molecule has 0 radical (unpaired) electrons. The summed E-state index contributed by atoms with van der Waals surface area (Å²) in [6, 6.07) is 7.58. The van der Waals surface area contributed by atoms with Crippen molar-refractivity contribution in [1.29, 1.82) is 0 Å². The molecule has 1 fully saturated rings. The first kappa shape index (κ1) is 15.7. The summed E-state index contributed by atoms with van der Waals surface area (Å²) in [7, 11) is 0. The normalized spacial score (nSPS) is 19.2. The Balaban J connectivity index is 1.76. The van der Waals surface area contributed by atoms with E-state index in [-0.39, 0.29) is 5.82 Å². The molecule has 0 unspecified atom stereocenters. The summed E-state index contributed by atoms with van der Waals surface area (Å²) in [5.74, 6) is 1.07. The Morgan fingerprint density at radius 2 is 2.23 bits per heavy atom. The zero-order chi connectivity index (χ0) is 15.7. The van der Waals surface area contributed by atoms with E-state index in [9.17, 15) is 4.39 Å². The van der Waals surface area contributed by atoms with Gasteiger partial charge in [-0.05, 0) is 53.0 Å². The summed E-state index contributed by atoms with van der Waals surface area (Å²) in [5.41, 5.74) is 2.12. The van der Waals surface area contributed by atoms with Crippen molar-refractivity contribution in [3.63, 3.8) is 0 Å². The monoisotopic (exact) mass is 366 g/mol. The first-order valence-electron chi connectivity index (χ1n) is 7.69. The molecule has 1 atom stereocenters. The molecule has 5 heteroatoms. The third-order valence-electron chi connectivity index (χ3n) is 4.19. The molecule has 22 heavy (non-hydrogen) atoms. The van der Waals surface area contributed by atoms with Gasteiger partial charge in [0.15, 0.2) is 0 Å². The molecule has 2 heterocycles. The first-order valence-corrected chi connectivity index (χ1v) is 8.48.